The van der Waals surface area contributed by atoms with Gasteiger partial charge in [-0.25, -0.2) is 18.7 Å². The van der Waals surface area contributed by atoms with Gasteiger partial charge in [0.25, 0.3) is 0 Å². The number of benzene rings is 2. The van der Waals surface area contributed by atoms with Gasteiger partial charge in [-0.3, -0.25) is 4.79 Å². The van der Waals surface area contributed by atoms with Crippen molar-refractivity contribution < 1.29 is 18.3 Å². The molecular formula is C29H35F2N5O2. The Bertz CT molecular complexity index is 1350. The Morgan fingerprint density at radius 1 is 1.21 bits per heavy atom. The molecule has 1 aliphatic heterocycles. The standard InChI is InChI=1S/C29H35F2N5O2/c1-5-19-6-9-22(30)27(26(19)31)34-28-21-14-24(25(38-4)15-23(21)32-17-33-28)36(18(2)37)16-29(20-7-8-20)10-12-35(3)13-11-29/h6,9,14-15,17,20H,5,7-8,10-13,16H2,1-4H3,(H,32,33,34). The zero-order valence-electron chi connectivity index (χ0n) is 22.5. The highest BCUT2D eigenvalue weighted by Crippen LogP contribution is 2.52. The van der Waals surface area contributed by atoms with Gasteiger partial charge in [0.1, 0.15) is 29.4 Å². The number of aromatic nitrogens is 2. The van der Waals surface area contributed by atoms with Crippen LogP contribution in [0, 0.1) is 23.0 Å². The van der Waals surface area contributed by atoms with Crippen LogP contribution in [0.25, 0.3) is 10.9 Å². The second kappa shape index (κ2) is 10.4. The monoisotopic (exact) mass is 523 g/mol. The van der Waals surface area contributed by atoms with E-state index in [1.54, 1.807) is 31.1 Å². The number of aryl methyl sites for hydroxylation is 1. The molecule has 0 unspecified atom stereocenters. The first-order chi connectivity index (χ1) is 18.3. The van der Waals surface area contributed by atoms with Gasteiger partial charge in [-0.2, -0.15) is 0 Å². The molecule has 2 aliphatic rings. The van der Waals surface area contributed by atoms with Crippen LogP contribution in [0.5, 0.6) is 5.75 Å². The van der Waals surface area contributed by atoms with Gasteiger partial charge < -0.3 is 19.9 Å². The minimum atomic E-state index is -0.709. The number of amides is 1. The number of methoxy groups -OCH3 is 1. The SMILES string of the molecule is CCc1ccc(F)c(Nc2ncnc3cc(OC)c(N(CC4(C5CC5)CCN(C)CC4)C(C)=O)cc23)c1F. The number of nitrogens with zero attached hydrogens (tertiary/aromatic N) is 4. The highest BCUT2D eigenvalue weighted by Gasteiger charge is 2.48. The number of carbonyl (C=O) groups excluding carboxylic acids is 1. The Kier molecular flexibility index (Phi) is 7.22. The van der Waals surface area contributed by atoms with Crippen molar-refractivity contribution in [2.45, 2.75) is 46.0 Å². The molecule has 1 saturated carbocycles. The summed E-state index contributed by atoms with van der Waals surface area (Å²) in [6.07, 6.45) is 6.23. The van der Waals surface area contributed by atoms with Crippen LogP contribution in [0.4, 0.5) is 26.0 Å². The fourth-order valence-corrected chi connectivity index (χ4v) is 5.78. The van der Waals surface area contributed by atoms with Gasteiger partial charge in [0.2, 0.25) is 5.91 Å². The number of anilines is 3. The highest BCUT2D eigenvalue weighted by molar-refractivity contribution is 6.00. The van der Waals surface area contributed by atoms with Gasteiger partial charge in [-0.1, -0.05) is 13.0 Å². The van der Waals surface area contributed by atoms with Gasteiger partial charge in [0.05, 0.1) is 18.3 Å². The molecule has 9 heteroatoms. The fraction of sp³-hybridized carbons (Fsp3) is 0.483. The summed E-state index contributed by atoms with van der Waals surface area (Å²) in [5.41, 5.74) is 1.34. The van der Waals surface area contributed by atoms with E-state index in [4.69, 9.17) is 4.74 Å². The number of rotatable bonds is 8. The van der Waals surface area contributed by atoms with Crippen LogP contribution in [0.2, 0.25) is 0 Å². The van der Waals surface area contributed by atoms with E-state index in [9.17, 15) is 9.18 Å². The van der Waals surface area contributed by atoms with Crippen LogP contribution in [0.15, 0.2) is 30.6 Å². The Balaban J connectivity index is 1.58. The highest BCUT2D eigenvalue weighted by atomic mass is 19.1. The van der Waals surface area contributed by atoms with Crippen molar-refractivity contribution in [3.63, 3.8) is 0 Å². The molecule has 7 nitrogen and oxygen atoms in total. The van der Waals surface area contributed by atoms with E-state index >= 15 is 4.39 Å². The van der Waals surface area contributed by atoms with Gasteiger partial charge >= 0.3 is 0 Å². The summed E-state index contributed by atoms with van der Waals surface area (Å²) < 4.78 is 35.4. The maximum absolute atomic E-state index is 15.0. The molecule has 1 N–H and O–H groups in total. The first-order valence-electron chi connectivity index (χ1n) is 13.3. The molecule has 5 rings (SSSR count). The lowest BCUT2D eigenvalue weighted by molar-refractivity contribution is -0.117. The summed E-state index contributed by atoms with van der Waals surface area (Å²) in [6, 6.07) is 6.24. The second-order valence-corrected chi connectivity index (χ2v) is 10.7. The topological polar surface area (TPSA) is 70.6 Å². The minimum Gasteiger partial charge on any atom is -0.494 e. The van der Waals surface area contributed by atoms with Gasteiger partial charge in [0.15, 0.2) is 5.82 Å². The van der Waals surface area contributed by atoms with Crippen LogP contribution in [-0.4, -0.2) is 54.6 Å². The molecule has 1 aliphatic carbocycles. The van der Waals surface area contributed by atoms with E-state index in [0.29, 0.717) is 46.8 Å². The zero-order chi connectivity index (χ0) is 27.0. The largest absolute Gasteiger partial charge is 0.494 e. The van der Waals surface area contributed by atoms with Crippen LogP contribution < -0.4 is 15.0 Å². The predicted octanol–water partition coefficient (Wildman–Crippen LogP) is 5.70. The number of likely N-dealkylation sites (tertiary alicyclic amines) is 1. The molecule has 0 bridgehead atoms. The number of nitrogens with one attached hydrogen (secondary N) is 1. The Morgan fingerprint density at radius 2 is 1.95 bits per heavy atom. The van der Waals surface area contributed by atoms with Crippen LogP contribution in [-0.2, 0) is 11.2 Å². The van der Waals surface area contributed by atoms with E-state index in [1.165, 1.54) is 31.3 Å². The first kappa shape index (κ1) is 26.3. The molecular weight excluding hydrogens is 488 g/mol. The summed E-state index contributed by atoms with van der Waals surface area (Å²) >= 11 is 0. The van der Waals surface area contributed by atoms with Gasteiger partial charge in [-0.15, -0.1) is 0 Å². The molecule has 2 heterocycles. The van der Waals surface area contributed by atoms with Crippen molar-refractivity contribution in [2.75, 3.05) is 44.0 Å². The molecule has 1 amide bonds. The van der Waals surface area contributed by atoms with Crippen molar-refractivity contribution >= 4 is 34.0 Å². The minimum absolute atomic E-state index is 0.0548. The molecule has 1 aromatic heterocycles. The number of piperidine rings is 1. The summed E-state index contributed by atoms with van der Waals surface area (Å²) in [4.78, 5) is 25.9. The normalized spacial score (nSPS) is 17.4. The van der Waals surface area contributed by atoms with Gasteiger partial charge in [-0.05, 0) is 81.3 Å². The van der Waals surface area contributed by atoms with E-state index in [1.807, 2.05) is 6.92 Å². The molecule has 0 spiro atoms. The quantitative estimate of drug-likeness (QED) is 0.409. The van der Waals surface area contributed by atoms with E-state index in [2.05, 4.69) is 27.2 Å². The van der Waals surface area contributed by atoms with Crippen molar-refractivity contribution in [2.24, 2.45) is 11.3 Å². The smallest absolute Gasteiger partial charge is 0.223 e. The molecule has 2 fully saturated rings. The van der Waals surface area contributed by atoms with Crippen molar-refractivity contribution in [1.29, 1.82) is 0 Å². The van der Waals surface area contributed by atoms with Gasteiger partial charge in [0, 0.05) is 24.9 Å². The number of halogens is 2. The number of carbonyl (C=O) groups is 1. The van der Waals surface area contributed by atoms with Crippen LogP contribution in [0.1, 0.15) is 45.1 Å². The maximum atomic E-state index is 15.0. The maximum Gasteiger partial charge on any atom is 0.223 e. The average molecular weight is 524 g/mol. The number of hydrogen-bond donors (Lipinski definition) is 1. The fourth-order valence-electron chi connectivity index (χ4n) is 5.78. The third kappa shape index (κ3) is 4.91. The molecule has 3 aromatic rings. The molecule has 0 atom stereocenters. The first-order valence-corrected chi connectivity index (χ1v) is 13.3. The number of ether oxygens (including phenoxy) is 1. The van der Waals surface area contributed by atoms with Crippen LogP contribution in [0.3, 0.4) is 0 Å². The average Bonchev–Trinajstić information content (AvgIpc) is 3.76. The van der Waals surface area contributed by atoms with E-state index < -0.39 is 11.6 Å². The Labute approximate surface area is 222 Å². The summed E-state index contributed by atoms with van der Waals surface area (Å²) in [7, 11) is 3.71. The lowest BCUT2D eigenvalue weighted by Crippen LogP contribution is -2.48. The Morgan fingerprint density at radius 3 is 2.58 bits per heavy atom. The van der Waals surface area contributed by atoms with Crippen LogP contribution >= 0.6 is 0 Å². The molecule has 2 aromatic carbocycles. The molecule has 202 valence electrons. The van der Waals surface area contributed by atoms with E-state index in [-0.39, 0.29) is 22.8 Å². The zero-order valence-corrected chi connectivity index (χ0v) is 22.5. The van der Waals surface area contributed by atoms with Crippen molar-refractivity contribution in [3.8, 4) is 5.75 Å². The Hall–Kier alpha value is -3.33. The third-order valence-corrected chi connectivity index (χ3v) is 8.30. The lowest BCUT2D eigenvalue weighted by atomic mass is 9.73. The summed E-state index contributed by atoms with van der Waals surface area (Å²) in [5.74, 6) is -0.0556. The van der Waals surface area contributed by atoms with E-state index in [0.717, 1.165) is 25.9 Å². The molecule has 38 heavy (non-hydrogen) atoms. The number of fused-ring (bicyclic) bond motifs is 1. The number of hydrogen-bond acceptors (Lipinski definition) is 6. The molecule has 0 radical (unpaired) electrons. The summed E-state index contributed by atoms with van der Waals surface area (Å²) in [5, 5.41) is 3.40. The van der Waals surface area contributed by atoms with Crippen molar-refractivity contribution in [1.82, 2.24) is 14.9 Å². The summed E-state index contributed by atoms with van der Waals surface area (Å²) in [6.45, 7) is 6.00. The lowest BCUT2D eigenvalue weighted by Gasteiger charge is -2.44. The predicted molar refractivity (Wildman–Crippen MR) is 145 cm³/mol. The third-order valence-electron chi connectivity index (χ3n) is 8.30. The van der Waals surface area contributed by atoms with Crippen molar-refractivity contribution in [3.05, 3.63) is 47.8 Å². The molecule has 1 saturated heterocycles. The second-order valence-electron chi connectivity index (χ2n) is 10.7.